The minimum absolute atomic E-state index is 0.173. The maximum Gasteiger partial charge on any atom is 0.662 e. The SMILES string of the molecule is C=C(O[B]OC(=C)OCC)OCC. The van der Waals surface area contributed by atoms with Gasteiger partial charge in [-0.1, -0.05) is 0 Å². The molecule has 0 atom stereocenters. The van der Waals surface area contributed by atoms with Gasteiger partial charge in [0, 0.05) is 0 Å². The summed E-state index contributed by atoms with van der Waals surface area (Å²) in [5, 5.41) is 0. The zero-order chi connectivity index (χ0) is 10.1. The van der Waals surface area contributed by atoms with Crippen LogP contribution in [0.1, 0.15) is 13.8 Å². The van der Waals surface area contributed by atoms with Gasteiger partial charge in [-0.25, -0.2) is 0 Å². The van der Waals surface area contributed by atoms with Crippen molar-refractivity contribution in [2.24, 2.45) is 0 Å². The van der Waals surface area contributed by atoms with Crippen molar-refractivity contribution < 1.29 is 18.8 Å². The zero-order valence-electron chi connectivity index (χ0n) is 8.04. The van der Waals surface area contributed by atoms with E-state index >= 15 is 0 Å². The van der Waals surface area contributed by atoms with Gasteiger partial charge in [0.2, 0.25) is 0 Å². The summed E-state index contributed by atoms with van der Waals surface area (Å²) in [6.07, 6.45) is 0. The van der Waals surface area contributed by atoms with Crippen LogP contribution in [0.3, 0.4) is 0 Å². The Bertz CT molecular complexity index is 152. The topological polar surface area (TPSA) is 36.9 Å². The smallest absolute Gasteiger partial charge is 0.500 e. The lowest BCUT2D eigenvalue weighted by Crippen LogP contribution is -2.07. The van der Waals surface area contributed by atoms with Crippen molar-refractivity contribution in [3.05, 3.63) is 25.0 Å². The highest BCUT2D eigenvalue weighted by Crippen LogP contribution is 1.98. The molecular weight excluding hydrogens is 171 g/mol. The van der Waals surface area contributed by atoms with E-state index in [1.807, 2.05) is 13.8 Å². The van der Waals surface area contributed by atoms with Gasteiger partial charge in [-0.3, -0.25) is 0 Å². The lowest BCUT2D eigenvalue weighted by atomic mass is 10.4. The molecule has 0 fully saturated rings. The molecule has 0 aromatic rings. The van der Waals surface area contributed by atoms with Gasteiger partial charge in [-0.15, -0.1) is 0 Å². The Hall–Kier alpha value is -1.26. The number of hydrogen-bond donors (Lipinski definition) is 0. The van der Waals surface area contributed by atoms with Gasteiger partial charge < -0.3 is 18.8 Å². The molecule has 1 radical (unpaired) electrons. The number of hydrogen-bond acceptors (Lipinski definition) is 4. The molecule has 73 valence electrons. The van der Waals surface area contributed by atoms with Crippen molar-refractivity contribution in [2.75, 3.05) is 13.2 Å². The van der Waals surface area contributed by atoms with Crippen molar-refractivity contribution >= 4 is 7.69 Å². The normalized spacial score (nSPS) is 8.46. The van der Waals surface area contributed by atoms with Gasteiger partial charge in [-0.05, 0) is 27.0 Å². The van der Waals surface area contributed by atoms with Crippen molar-refractivity contribution in [1.82, 2.24) is 0 Å². The third-order valence-corrected chi connectivity index (χ3v) is 0.970. The molecule has 0 amide bonds. The largest absolute Gasteiger partial charge is 0.662 e. The van der Waals surface area contributed by atoms with E-state index < -0.39 is 0 Å². The minimum atomic E-state index is 0.173. The fourth-order valence-corrected chi connectivity index (χ4v) is 0.521. The Morgan fingerprint density at radius 2 is 1.38 bits per heavy atom. The first-order chi connectivity index (χ1) is 6.20. The van der Waals surface area contributed by atoms with E-state index in [-0.39, 0.29) is 11.9 Å². The first-order valence-corrected chi connectivity index (χ1v) is 3.99. The monoisotopic (exact) mass is 185 g/mol. The molecule has 0 aliphatic heterocycles. The summed E-state index contributed by atoms with van der Waals surface area (Å²) < 4.78 is 19.4. The molecule has 0 spiro atoms. The van der Waals surface area contributed by atoms with Gasteiger partial charge >= 0.3 is 7.69 Å². The van der Waals surface area contributed by atoms with E-state index in [9.17, 15) is 0 Å². The van der Waals surface area contributed by atoms with Crippen LogP contribution in [0.5, 0.6) is 0 Å². The van der Waals surface area contributed by atoms with Crippen LogP contribution in [0.25, 0.3) is 0 Å². The summed E-state index contributed by atoms with van der Waals surface area (Å²) in [5.41, 5.74) is 0. The van der Waals surface area contributed by atoms with Crippen LogP contribution in [0.4, 0.5) is 0 Å². The van der Waals surface area contributed by atoms with Crippen molar-refractivity contribution in [1.29, 1.82) is 0 Å². The van der Waals surface area contributed by atoms with E-state index in [1.165, 1.54) is 0 Å². The quantitative estimate of drug-likeness (QED) is 0.424. The number of rotatable bonds is 8. The number of ether oxygens (including phenoxy) is 2. The van der Waals surface area contributed by atoms with Crippen LogP contribution >= 0.6 is 0 Å². The fraction of sp³-hybridized carbons (Fsp3) is 0.500. The van der Waals surface area contributed by atoms with Crippen LogP contribution in [-0.4, -0.2) is 20.9 Å². The third kappa shape index (κ3) is 7.12. The van der Waals surface area contributed by atoms with Crippen LogP contribution < -0.4 is 0 Å². The van der Waals surface area contributed by atoms with E-state index in [0.29, 0.717) is 13.2 Å². The average Bonchev–Trinajstić information content (AvgIpc) is 2.05. The molecule has 0 heterocycles. The average molecular weight is 185 g/mol. The predicted octanol–water partition coefficient (Wildman–Crippen LogP) is 1.57. The van der Waals surface area contributed by atoms with Gasteiger partial charge in [-0.2, -0.15) is 0 Å². The Morgan fingerprint density at radius 1 is 1.00 bits per heavy atom. The molecule has 0 saturated heterocycles. The minimum Gasteiger partial charge on any atom is -0.500 e. The second-order valence-electron chi connectivity index (χ2n) is 1.94. The highest BCUT2D eigenvalue weighted by atomic mass is 16.7. The molecule has 0 aromatic carbocycles. The van der Waals surface area contributed by atoms with E-state index in [2.05, 4.69) is 13.2 Å². The van der Waals surface area contributed by atoms with Crippen LogP contribution in [0, 0.1) is 0 Å². The summed E-state index contributed by atoms with van der Waals surface area (Å²) in [5.74, 6) is 0.346. The van der Waals surface area contributed by atoms with Gasteiger partial charge in [0.15, 0.2) is 0 Å². The summed E-state index contributed by atoms with van der Waals surface area (Å²) in [4.78, 5) is 0. The molecule has 0 aliphatic carbocycles. The molecule has 0 aromatic heterocycles. The maximum atomic E-state index is 4.89. The Balaban J connectivity index is 3.33. The summed E-state index contributed by atoms with van der Waals surface area (Å²) in [6, 6.07) is 0. The molecule has 0 bridgehead atoms. The lowest BCUT2D eigenvalue weighted by Gasteiger charge is -2.09. The van der Waals surface area contributed by atoms with Crippen molar-refractivity contribution in [3.63, 3.8) is 0 Å². The summed E-state index contributed by atoms with van der Waals surface area (Å²) in [6.45, 7) is 11.6. The molecule has 4 nitrogen and oxygen atoms in total. The lowest BCUT2D eigenvalue weighted by molar-refractivity contribution is 0.0784. The molecule has 0 aliphatic rings. The zero-order valence-corrected chi connectivity index (χ0v) is 8.04. The highest BCUT2D eigenvalue weighted by Gasteiger charge is 2.02. The molecule has 0 saturated carbocycles. The molecule has 13 heavy (non-hydrogen) atoms. The highest BCUT2D eigenvalue weighted by molar-refractivity contribution is 6.18. The second kappa shape index (κ2) is 7.40. The summed E-state index contributed by atoms with van der Waals surface area (Å²) >= 11 is 0. The third-order valence-electron chi connectivity index (χ3n) is 0.970. The van der Waals surface area contributed by atoms with Crippen LogP contribution in [0.15, 0.2) is 25.0 Å². The Morgan fingerprint density at radius 3 is 1.69 bits per heavy atom. The molecule has 5 heteroatoms. The maximum absolute atomic E-state index is 4.89. The predicted molar refractivity (Wildman–Crippen MR) is 49.5 cm³/mol. The molecular formula is C8H14BO4. The van der Waals surface area contributed by atoms with Gasteiger partial charge in [0.1, 0.15) is 0 Å². The Kier molecular flexibility index (Phi) is 6.68. The van der Waals surface area contributed by atoms with Gasteiger partial charge in [0.25, 0.3) is 11.9 Å². The Labute approximate surface area is 79.4 Å². The van der Waals surface area contributed by atoms with Crippen LogP contribution in [-0.2, 0) is 18.8 Å². The molecule has 0 rings (SSSR count). The second-order valence-corrected chi connectivity index (χ2v) is 1.94. The van der Waals surface area contributed by atoms with Crippen LogP contribution in [0.2, 0.25) is 0 Å². The molecule has 0 N–H and O–H groups in total. The van der Waals surface area contributed by atoms with E-state index in [4.69, 9.17) is 18.8 Å². The first kappa shape index (κ1) is 11.7. The standard InChI is InChI=1S/C8H14BO4/c1-5-10-7(3)12-9-13-8(4)11-6-2/h3-6H2,1-2H3. The molecule has 0 unspecified atom stereocenters. The van der Waals surface area contributed by atoms with E-state index in [1.54, 1.807) is 0 Å². The van der Waals surface area contributed by atoms with E-state index in [0.717, 1.165) is 7.69 Å². The summed E-state index contributed by atoms with van der Waals surface area (Å²) in [7, 11) is 1.05. The first-order valence-electron chi connectivity index (χ1n) is 3.99. The fourth-order valence-electron chi connectivity index (χ4n) is 0.521. The van der Waals surface area contributed by atoms with Gasteiger partial charge in [0.05, 0.1) is 13.2 Å². The van der Waals surface area contributed by atoms with Crippen molar-refractivity contribution in [2.45, 2.75) is 13.8 Å². The van der Waals surface area contributed by atoms with Crippen molar-refractivity contribution in [3.8, 4) is 0 Å².